The summed E-state index contributed by atoms with van der Waals surface area (Å²) >= 11 is 1.18. The molecule has 29 heavy (non-hydrogen) atoms. The normalized spacial score (nSPS) is 10.4. The lowest BCUT2D eigenvalue weighted by atomic mass is 10.3. The summed E-state index contributed by atoms with van der Waals surface area (Å²) in [6.07, 6.45) is 0. The number of anilines is 1. The third-order valence-corrected chi connectivity index (χ3v) is 4.77. The monoisotopic (exact) mass is 415 g/mol. The first-order chi connectivity index (χ1) is 14.1. The Kier molecular flexibility index (Phi) is 6.80. The van der Waals surface area contributed by atoms with Gasteiger partial charge in [0.25, 0.3) is 0 Å². The van der Waals surface area contributed by atoms with Gasteiger partial charge in [-0.1, -0.05) is 23.9 Å². The van der Waals surface area contributed by atoms with Gasteiger partial charge in [0.05, 0.1) is 20.0 Å². The van der Waals surface area contributed by atoms with Crippen LogP contribution in [0.3, 0.4) is 0 Å². The summed E-state index contributed by atoms with van der Waals surface area (Å²) in [4.78, 5) is 12.2. The lowest BCUT2D eigenvalue weighted by molar-refractivity contribution is -0.113. The summed E-state index contributed by atoms with van der Waals surface area (Å²) < 4.78 is 17.3. The van der Waals surface area contributed by atoms with E-state index in [-0.39, 0.29) is 18.3 Å². The number of methoxy groups -OCH3 is 2. The van der Waals surface area contributed by atoms with Crippen LogP contribution in [0.4, 0.5) is 5.69 Å². The van der Waals surface area contributed by atoms with E-state index in [1.807, 2.05) is 12.1 Å². The zero-order valence-electron chi connectivity index (χ0n) is 16.0. The van der Waals surface area contributed by atoms with Crippen LogP contribution < -0.4 is 25.4 Å². The van der Waals surface area contributed by atoms with Crippen LogP contribution >= 0.6 is 11.8 Å². The van der Waals surface area contributed by atoms with Gasteiger partial charge >= 0.3 is 0 Å². The maximum atomic E-state index is 12.2. The van der Waals surface area contributed by atoms with E-state index >= 15 is 0 Å². The summed E-state index contributed by atoms with van der Waals surface area (Å²) in [5.41, 5.74) is 0.650. The van der Waals surface area contributed by atoms with Crippen molar-refractivity contribution in [2.45, 2.75) is 11.8 Å². The van der Waals surface area contributed by atoms with Crippen molar-refractivity contribution >= 4 is 23.4 Å². The van der Waals surface area contributed by atoms with Gasteiger partial charge in [-0.25, -0.2) is 4.68 Å². The lowest BCUT2D eigenvalue weighted by Crippen LogP contribution is -2.18. The molecule has 152 valence electrons. The predicted octanol–water partition coefficient (Wildman–Crippen LogP) is 2.32. The molecule has 9 nitrogen and oxygen atoms in total. The molecule has 0 spiro atoms. The molecule has 0 fully saturated rings. The fourth-order valence-corrected chi connectivity index (χ4v) is 3.05. The maximum Gasteiger partial charge on any atom is 0.234 e. The summed E-state index contributed by atoms with van der Waals surface area (Å²) in [7, 11) is 3.16. The molecular formula is C19H21N5O4S. The Labute approximate surface area is 172 Å². The molecule has 0 aliphatic carbocycles. The number of aromatic nitrogens is 3. The van der Waals surface area contributed by atoms with Gasteiger partial charge in [-0.05, 0) is 24.3 Å². The molecule has 0 bridgehead atoms. The number of nitrogens with one attached hydrogen (secondary N) is 1. The summed E-state index contributed by atoms with van der Waals surface area (Å²) in [6.45, 7) is 0.132. The van der Waals surface area contributed by atoms with E-state index in [0.717, 1.165) is 0 Å². The molecule has 2 aromatic carbocycles. The van der Waals surface area contributed by atoms with Crippen molar-refractivity contribution < 1.29 is 19.0 Å². The van der Waals surface area contributed by atoms with Crippen LogP contribution in [-0.4, -0.2) is 40.8 Å². The quantitative estimate of drug-likeness (QED) is 0.404. The highest BCUT2D eigenvalue weighted by Gasteiger charge is 2.13. The number of benzene rings is 2. The van der Waals surface area contributed by atoms with E-state index in [2.05, 4.69) is 15.5 Å². The van der Waals surface area contributed by atoms with E-state index in [4.69, 9.17) is 20.1 Å². The lowest BCUT2D eigenvalue weighted by Gasteiger charge is -2.08. The molecule has 0 aliphatic rings. The Morgan fingerprint density at radius 2 is 1.76 bits per heavy atom. The number of ether oxygens (including phenoxy) is 3. The second-order valence-corrected chi connectivity index (χ2v) is 6.75. The smallest absolute Gasteiger partial charge is 0.234 e. The molecular weight excluding hydrogens is 394 g/mol. The first-order valence-electron chi connectivity index (χ1n) is 8.62. The van der Waals surface area contributed by atoms with Crippen molar-refractivity contribution in [2.75, 3.05) is 31.1 Å². The third kappa shape index (κ3) is 5.55. The zero-order valence-corrected chi connectivity index (χ0v) is 16.8. The SMILES string of the molecule is COc1cccc(NC(=O)CSc2nnc(COc3cccc(OC)c3)n2N)c1. The van der Waals surface area contributed by atoms with Gasteiger partial charge in [-0.2, -0.15) is 0 Å². The number of nitrogen functional groups attached to an aromatic ring is 1. The van der Waals surface area contributed by atoms with Crippen molar-refractivity contribution in [3.05, 3.63) is 54.4 Å². The molecule has 1 heterocycles. The Morgan fingerprint density at radius 3 is 2.52 bits per heavy atom. The molecule has 3 N–H and O–H groups in total. The minimum absolute atomic E-state index is 0.128. The minimum atomic E-state index is -0.194. The number of nitrogens with two attached hydrogens (primary N) is 1. The van der Waals surface area contributed by atoms with Gasteiger partial charge in [-0.15, -0.1) is 10.2 Å². The second-order valence-electron chi connectivity index (χ2n) is 5.81. The molecule has 10 heteroatoms. The first-order valence-corrected chi connectivity index (χ1v) is 9.60. The van der Waals surface area contributed by atoms with E-state index in [0.29, 0.717) is 33.9 Å². The number of carbonyl (C=O) groups excluding carboxylic acids is 1. The summed E-state index contributed by atoms with van der Waals surface area (Å²) in [6, 6.07) is 14.3. The zero-order chi connectivity index (χ0) is 20.6. The second kappa shape index (κ2) is 9.69. The number of hydrogen-bond donors (Lipinski definition) is 2. The summed E-state index contributed by atoms with van der Waals surface area (Å²) in [5.74, 6) is 8.36. The van der Waals surface area contributed by atoms with E-state index in [9.17, 15) is 4.79 Å². The average molecular weight is 415 g/mol. The molecule has 0 unspecified atom stereocenters. The molecule has 1 aromatic heterocycles. The van der Waals surface area contributed by atoms with Gasteiger partial charge in [0, 0.05) is 17.8 Å². The van der Waals surface area contributed by atoms with Crippen LogP contribution in [0.2, 0.25) is 0 Å². The Bertz CT molecular complexity index is 979. The molecule has 0 saturated heterocycles. The fourth-order valence-electron chi connectivity index (χ4n) is 2.37. The Morgan fingerprint density at radius 1 is 1.07 bits per heavy atom. The van der Waals surface area contributed by atoms with E-state index in [1.54, 1.807) is 50.6 Å². The molecule has 0 aliphatic heterocycles. The Balaban J connectivity index is 1.53. The van der Waals surface area contributed by atoms with Crippen LogP contribution in [0.25, 0.3) is 0 Å². The first kappa shape index (κ1) is 20.3. The van der Waals surface area contributed by atoms with E-state index < -0.39 is 0 Å². The van der Waals surface area contributed by atoms with Crippen molar-refractivity contribution in [3.8, 4) is 17.2 Å². The van der Waals surface area contributed by atoms with Crippen molar-refractivity contribution in [2.24, 2.45) is 0 Å². The summed E-state index contributed by atoms with van der Waals surface area (Å²) in [5, 5.41) is 11.2. The molecule has 0 atom stereocenters. The molecule has 0 radical (unpaired) electrons. The van der Waals surface area contributed by atoms with Gasteiger partial charge in [0.2, 0.25) is 11.1 Å². The fraction of sp³-hybridized carbons (Fsp3) is 0.211. The van der Waals surface area contributed by atoms with Crippen molar-refractivity contribution in [1.29, 1.82) is 0 Å². The number of amides is 1. The highest BCUT2D eigenvalue weighted by molar-refractivity contribution is 7.99. The van der Waals surface area contributed by atoms with Crippen molar-refractivity contribution in [3.63, 3.8) is 0 Å². The number of thioether (sulfide) groups is 1. The van der Waals surface area contributed by atoms with E-state index in [1.165, 1.54) is 16.4 Å². The van der Waals surface area contributed by atoms with Crippen molar-refractivity contribution in [1.82, 2.24) is 14.9 Å². The number of rotatable bonds is 9. The number of carbonyl (C=O) groups is 1. The maximum absolute atomic E-state index is 12.2. The molecule has 3 rings (SSSR count). The third-order valence-electron chi connectivity index (χ3n) is 3.83. The number of hydrogen-bond acceptors (Lipinski definition) is 8. The topological polar surface area (TPSA) is 114 Å². The van der Waals surface area contributed by atoms with Crippen LogP contribution in [0.5, 0.6) is 17.2 Å². The highest BCUT2D eigenvalue weighted by atomic mass is 32.2. The van der Waals surface area contributed by atoms with Crippen LogP contribution in [-0.2, 0) is 11.4 Å². The highest BCUT2D eigenvalue weighted by Crippen LogP contribution is 2.21. The molecule has 1 amide bonds. The van der Waals surface area contributed by atoms with Gasteiger partial charge in [0.15, 0.2) is 5.82 Å². The van der Waals surface area contributed by atoms with Crippen LogP contribution in [0, 0.1) is 0 Å². The Hall–Kier alpha value is -3.40. The van der Waals surface area contributed by atoms with Crippen LogP contribution in [0.15, 0.2) is 53.7 Å². The molecule has 0 saturated carbocycles. The minimum Gasteiger partial charge on any atom is -0.497 e. The number of nitrogens with zero attached hydrogens (tertiary/aromatic N) is 3. The molecule has 3 aromatic rings. The largest absolute Gasteiger partial charge is 0.497 e. The van der Waals surface area contributed by atoms with Gasteiger partial charge in [-0.3, -0.25) is 4.79 Å². The average Bonchev–Trinajstić information content (AvgIpc) is 3.10. The predicted molar refractivity (Wildman–Crippen MR) is 110 cm³/mol. The van der Waals surface area contributed by atoms with Crippen LogP contribution in [0.1, 0.15) is 5.82 Å². The van der Waals surface area contributed by atoms with Gasteiger partial charge in [0.1, 0.15) is 23.9 Å². The van der Waals surface area contributed by atoms with Gasteiger partial charge < -0.3 is 25.4 Å². The standard InChI is InChI=1S/C19H21N5O4S/c1-26-14-6-3-5-13(9-14)21-18(25)12-29-19-23-22-17(24(19)20)11-28-16-8-4-7-15(10-16)27-2/h3-10H,11-12,20H2,1-2H3,(H,21,25).